The van der Waals surface area contributed by atoms with E-state index in [4.69, 9.17) is 5.11 Å². The number of esters is 1. The maximum Gasteiger partial charge on any atom is 0.339 e. The van der Waals surface area contributed by atoms with Gasteiger partial charge in [-0.3, -0.25) is 9.69 Å². The number of carbonyl (C=O) groups excluding carboxylic acids is 1. The summed E-state index contributed by atoms with van der Waals surface area (Å²) in [5.41, 5.74) is -0.0190. The zero-order valence-corrected chi connectivity index (χ0v) is 15.0. The van der Waals surface area contributed by atoms with E-state index in [9.17, 15) is 18.0 Å². The number of hydrogen-bond acceptors (Lipinski definition) is 6. The van der Waals surface area contributed by atoms with Crippen LogP contribution in [-0.4, -0.2) is 62.6 Å². The van der Waals surface area contributed by atoms with Gasteiger partial charge in [-0.1, -0.05) is 19.1 Å². The van der Waals surface area contributed by atoms with Crippen LogP contribution in [0.2, 0.25) is 0 Å². The first-order valence-corrected chi connectivity index (χ1v) is 9.42. The highest BCUT2D eigenvalue weighted by atomic mass is 32.2. The number of carboxylic acid groups (broad SMARTS) is 1. The lowest BCUT2D eigenvalue weighted by Crippen LogP contribution is -2.54. The normalized spacial score (nSPS) is 20.1. The van der Waals surface area contributed by atoms with Gasteiger partial charge in [-0.25, -0.2) is 17.9 Å². The van der Waals surface area contributed by atoms with Crippen molar-refractivity contribution >= 4 is 22.0 Å². The van der Waals surface area contributed by atoms with Crippen LogP contribution in [0.3, 0.4) is 0 Å². The molecule has 8 nitrogen and oxygen atoms in total. The molecule has 0 spiro atoms. The molecule has 1 fully saturated rings. The van der Waals surface area contributed by atoms with E-state index in [2.05, 4.69) is 9.46 Å². The molecule has 2 N–H and O–H groups in total. The summed E-state index contributed by atoms with van der Waals surface area (Å²) in [5, 5.41) is 8.89. The number of nitrogens with one attached hydrogen (secondary N) is 1. The Kier molecular flexibility index (Phi) is 6.15. The summed E-state index contributed by atoms with van der Waals surface area (Å²) in [7, 11) is -2.68. The number of aliphatic carboxylic acids is 1. The third-order valence-corrected chi connectivity index (χ3v) is 5.86. The van der Waals surface area contributed by atoms with Gasteiger partial charge in [0.25, 0.3) is 0 Å². The Hall–Kier alpha value is -1.97. The first kappa shape index (κ1) is 19.4. The third-order valence-electron chi connectivity index (χ3n) is 4.28. The van der Waals surface area contributed by atoms with Gasteiger partial charge >= 0.3 is 11.9 Å². The van der Waals surface area contributed by atoms with Gasteiger partial charge in [0.2, 0.25) is 10.0 Å². The Balaban J connectivity index is 2.05. The highest BCUT2D eigenvalue weighted by Crippen LogP contribution is 2.27. The van der Waals surface area contributed by atoms with Crippen LogP contribution in [0.1, 0.15) is 30.1 Å². The van der Waals surface area contributed by atoms with Crippen LogP contribution in [-0.2, 0) is 19.6 Å². The molecule has 9 heteroatoms. The van der Waals surface area contributed by atoms with Gasteiger partial charge in [-0.2, -0.15) is 0 Å². The van der Waals surface area contributed by atoms with E-state index in [1.165, 1.54) is 25.3 Å². The van der Waals surface area contributed by atoms with Gasteiger partial charge < -0.3 is 9.84 Å². The van der Waals surface area contributed by atoms with E-state index in [0.29, 0.717) is 19.4 Å². The van der Waals surface area contributed by atoms with Crippen molar-refractivity contribution < 1.29 is 27.9 Å². The molecule has 0 aromatic heterocycles. The Bertz CT molecular complexity index is 743. The summed E-state index contributed by atoms with van der Waals surface area (Å²) in [6, 6.07) is 5.60. The average Bonchev–Trinajstić information content (AvgIpc) is 2.55. The molecule has 0 radical (unpaired) electrons. The topological polar surface area (TPSA) is 113 Å². The smallest absolute Gasteiger partial charge is 0.339 e. The molecule has 0 saturated heterocycles. The van der Waals surface area contributed by atoms with E-state index in [1.54, 1.807) is 11.0 Å². The molecule has 1 aromatic rings. The molecular formula is C16H22N2O6S. The maximum absolute atomic E-state index is 12.6. The van der Waals surface area contributed by atoms with E-state index in [1.807, 2.05) is 6.92 Å². The number of hydrogen-bond donors (Lipinski definition) is 2. The lowest BCUT2D eigenvalue weighted by molar-refractivity contribution is -0.139. The van der Waals surface area contributed by atoms with Crippen LogP contribution in [0.5, 0.6) is 0 Å². The lowest BCUT2D eigenvalue weighted by Gasteiger charge is -2.42. The molecule has 0 aliphatic heterocycles. The summed E-state index contributed by atoms with van der Waals surface area (Å²) < 4.78 is 32.4. The molecule has 0 amide bonds. The molecule has 1 aromatic carbocycles. The van der Waals surface area contributed by atoms with Crippen LogP contribution in [0.25, 0.3) is 0 Å². The number of ether oxygens (including phenoxy) is 1. The van der Waals surface area contributed by atoms with Gasteiger partial charge in [0.15, 0.2) is 0 Å². The molecule has 2 rings (SSSR count). The first-order chi connectivity index (χ1) is 11.8. The molecule has 1 aliphatic rings. The fourth-order valence-electron chi connectivity index (χ4n) is 2.92. The second kappa shape index (κ2) is 7.94. The minimum Gasteiger partial charge on any atom is -0.480 e. The summed E-state index contributed by atoms with van der Waals surface area (Å²) in [4.78, 5) is 24.3. The monoisotopic (exact) mass is 370 g/mol. The van der Waals surface area contributed by atoms with Gasteiger partial charge in [0.05, 0.1) is 24.1 Å². The number of carboxylic acids is 1. The number of carbonyl (C=O) groups is 2. The third kappa shape index (κ3) is 4.56. The average molecular weight is 370 g/mol. The number of nitrogens with zero attached hydrogens (tertiary/aromatic N) is 1. The Labute approximate surface area is 146 Å². The molecule has 0 bridgehead atoms. The maximum atomic E-state index is 12.6. The van der Waals surface area contributed by atoms with E-state index in [0.717, 1.165) is 0 Å². The van der Waals surface area contributed by atoms with Crippen LogP contribution in [0.15, 0.2) is 29.2 Å². The molecule has 1 saturated carbocycles. The van der Waals surface area contributed by atoms with Crippen molar-refractivity contribution in [3.8, 4) is 0 Å². The van der Waals surface area contributed by atoms with Gasteiger partial charge in [0, 0.05) is 12.1 Å². The molecule has 0 heterocycles. The quantitative estimate of drug-likeness (QED) is 0.647. The highest BCUT2D eigenvalue weighted by molar-refractivity contribution is 7.89. The number of likely N-dealkylation sites (N-methyl/N-ethyl adjacent to an activating group) is 1. The molecular weight excluding hydrogens is 348 g/mol. The van der Waals surface area contributed by atoms with E-state index >= 15 is 0 Å². The van der Waals surface area contributed by atoms with E-state index < -0.39 is 22.0 Å². The van der Waals surface area contributed by atoms with Gasteiger partial charge in [-0.15, -0.1) is 0 Å². The predicted octanol–water partition coefficient (Wildman–Crippen LogP) is 0.689. The van der Waals surface area contributed by atoms with Crippen LogP contribution < -0.4 is 4.72 Å². The van der Waals surface area contributed by atoms with Crippen LogP contribution in [0, 0.1) is 0 Å². The van der Waals surface area contributed by atoms with Gasteiger partial charge in [-0.05, 0) is 31.5 Å². The largest absolute Gasteiger partial charge is 0.480 e. The number of rotatable bonds is 8. The Morgan fingerprint density at radius 1 is 1.32 bits per heavy atom. The molecule has 25 heavy (non-hydrogen) atoms. The number of benzene rings is 1. The molecule has 1 aliphatic carbocycles. The molecule has 0 atom stereocenters. The summed E-state index contributed by atoms with van der Waals surface area (Å²) in [6.45, 7) is 2.39. The number of methoxy groups -OCH3 is 1. The standard InChI is InChI=1S/C16H22N2O6S/c1-3-18(10-15(19)20)12-8-11(9-12)17-25(22,23)14-7-5-4-6-13(14)16(21)24-2/h4-7,11-12,17H,3,8-10H2,1-2H3,(H,19,20). The zero-order valence-electron chi connectivity index (χ0n) is 14.1. The fraction of sp³-hybridized carbons (Fsp3) is 0.500. The molecule has 138 valence electrons. The number of sulfonamides is 1. The zero-order chi connectivity index (χ0) is 18.6. The highest BCUT2D eigenvalue weighted by Gasteiger charge is 2.37. The lowest BCUT2D eigenvalue weighted by atomic mass is 9.86. The van der Waals surface area contributed by atoms with Crippen molar-refractivity contribution in [1.29, 1.82) is 0 Å². The van der Waals surface area contributed by atoms with Crippen molar-refractivity contribution in [2.75, 3.05) is 20.2 Å². The minimum atomic E-state index is -3.87. The Morgan fingerprint density at radius 3 is 2.52 bits per heavy atom. The predicted molar refractivity (Wildman–Crippen MR) is 89.8 cm³/mol. The summed E-state index contributed by atoms with van der Waals surface area (Å²) in [5.74, 6) is -1.62. The van der Waals surface area contributed by atoms with Crippen molar-refractivity contribution in [2.24, 2.45) is 0 Å². The van der Waals surface area contributed by atoms with Gasteiger partial charge in [0.1, 0.15) is 0 Å². The van der Waals surface area contributed by atoms with Crippen molar-refractivity contribution in [3.63, 3.8) is 0 Å². The van der Waals surface area contributed by atoms with Crippen molar-refractivity contribution in [2.45, 2.75) is 36.7 Å². The van der Waals surface area contributed by atoms with Crippen molar-refractivity contribution in [1.82, 2.24) is 9.62 Å². The van der Waals surface area contributed by atoms with Crippen LogP contribution >= 0.6 is 0 Å². The second-order valence-corrected chi connectivity index (χ2v) is 7.57. The summed E-state index contributed by atoms with van der Waals surface area (Å²) in [6.07, 6.45) is 1.06. The van der Waals surface area contributed by atoms with E-state index in [-0.39, 0.29) is 29.1 Å². The summed E-state index contributed by atoms with van der Waals surface area (Å²) >= 11 is 0. The second-order valence-electron chi connectivity index (χ2n) is 5.89. The van der Waals surface area contributed by atoms with Crippen LogP contribution in [0.4, 0.5) is 0 Å². The first-order valence-electron chi connectivity index (χ1n) is 7.94. The fourth-order valence-corrected chi connectivity index (χ4v) is 4.37. The van der Waals surface area contributed by atoms with Crippen molar-refractivity contribution in [3.05, 3.63) is 29.8 Å². The Morgan fingerprint density at radius 2 is 1.96 bits per heavy atom. The molecule has 0 unspecified atom stereocenters. The minimum absolute atomic E-state index is 0.0190. The SMILES string of the molecule is CCN(CC(=O)O)C1CC(NS(=O)(=O)c2ccccc2C(=O)OC)C1.